The minimum atomic E-state index is -0.437. The van der Waals surface area contributed by atoms with Gasteiger partial charge in [-0.3, -0.25) is 4.79 Å². The number of hydrogen-bond acceptors (Lipinski definition) is 2. The van der Waals surface area contributed by atoms with Crippen molar-refractivity contribution in [3.8, 4) is 0 Å². The second-order valence-electron chi connectivity index (χ2n) is 3.28. The Morgan fingerprint density at radius 2 is 2.07 bits per heavy atom. The molecule has 74 valence electrons. The maximum atomic E-state index is 13.4. The summed E-state index contributed by atoms with van der Waals surface area (Å²) in [6.45, 7) is 0. The molecular formula is C11H6FNO2. The Morgan fingerprint density at radius 1 is 1.20 bits per heavy atom. The van der Waals surface area contributed by atoms with Crippen molar-refractivity contribution in [3.05, 3.63) is 46.7 Å². The maximum Gasteiger partial charge on any atom is 0.292 e. The molecule has 1 N–H and O–H groups in total. The first-order valence-corrected chi connectivity index (χ1v) is 4.45. The fraction of sp³-hybridized carbons (Fsp3) is 0. The van der Waals surface area contributed by atoms with Crippen LogP contribution in [0.3, 0.4) is 0 Å². The number of halogens is 1. The topological polar surface area (TPSA) is 46.0 Å². The van der Waals surface area contributed by atoms with Crippen molar-refractivity contribution in [2.45, 2.75) is 0 Å². The molecule has 0 amide bonds. The molecule has 15 heavy (non-hydrogen) atoms. The number of hydrogen-bond donors (Lipinski definition) is 1. The summed E-state index contributed by atoms with van der Waals surface area (Å²) in [5, 5.41) is 1.28. The van der Waals surface area contributed by atoms with Crippen LogP contribution in [-0.4, -0.2) is 4.98 Å². The van der Waals surface area contributed by atoms with E-state index >= 15 is 0 Å². The van der Waals surface area contributed by atoms with E-state index in [1.165, 1.54) is 12.3 Å². The van der Waals surface area contributed by atoms with Gasteiger partial charge in [-0.05, 0) is 12.1 Å². The normalized spacial score (nSPS) is 11.3. The monoisotopic (exact) mass is 203 g/mol. The van der Waals surface area contributed by atoms with Crippen LogP contribution in [0.2, 0.25) is 0 Å². The van der Waals surface area contributed by atoms with Crippen LogP contribution in [0.25, 0.3) is 21.9 Å². The molecule has 3 rings (SSSR count). The fourth-order valence-electron chi connectivity index (χ4n) is 1.74. The van der Waals surface area contributed by atoms with E-state index in [1.807, 2.05) is 0 Å². The third-order valence-electron chi connectivity index (χ3n) is 2.41. The SMILES string of the molecule is O=c1[nH]c2c(F)cccc2c2ccoc12. The molecule has 0 saturated carbocycles. The van der Waals surface area contributed by atoms with E-state index in [-0.39, 0.29) is 11.1 Å². The van der Waals surface area contributed by atoms with Crippen molar-refractivity contribution in [1.82, 2.24) is 4.98 Å². The number of pyridine rings is 1. The molecule has 0 saturated heterocycles. The van der Waals surface area contributed by atoms with Crippen molar-refractivity contribution in [3.63, 3.8) is 0 Å². The maximum absolute atomic E-state index is 13.4. The first-order chi connectivity index (χ1) is 7.27. The average Bonchev–Trinajstić information content (AvgIpc) is 2.69. The Bertz CT molecular complexity index is 711. The molecule has 1 aromatic carbocycles. The lowest BCUT2D eigenvalue weighted by Crippen LogP contribution is -2.05. The van der Waals surface area contributed by atoms with Crippen molar-refractivity contribution < 1.29 is 8.81 Å². The number of fused-ring (bicyclic) bond motifs is 3. The van der Waals surface area contributed by atoms with Crippen molar-refractivity contribution in [2.75, 3.05) is 0 Å². The van der Waals surface area contributed by atoms with E-state index in [9.17, 15) is 9.18 Å². The Hall–Kier alpha value is -2.10. The average molecular weight is 203 g/mol. The summed E-state index contributed by atoms with van der Waals surface area (Å²) in [5.74, 6) is -0.437. The fourth-order valence-corrected chi connectivity index (χ4v) is 1.74. The van der Waals surface area contributed by atoms with Crippen LogP contribution in [0, 0.1) is 5.82 Å². The van der Waals surface area contributed by atoms with Gasteiger partial charge in [-0.15, -0.1) is 0 Å². The zero-order chi connectivity index (χ0) is 10.4. The number of H-pyrrole nitrogens is 1. The minimum absolute atomic E-state index is 0.219. The molecule has 0 bridgehead atoms. The molecule has 0 unspecified atom stereocenters. The molecule has 0 radical (unpaired) electrons. The molecule has 0 aliphatic rings. The molecule has 2 aromatic heterocycles. The Morgan fingerprint density at radius 3 is 2.93 bits per heavy atom. The molecule has 2 heterocycles. The second kappa shape index (κ2) is 2.70. The van der Waals surface area contributed by atoms with Gasteiger partial charge in [-0.2, -0.15) is 0 Å². The summed E-state index contributed by atoms with van der Waals surface area (Å²) in [6, 6.07) is 6.31. The van der Waals surface area contributed by atoms with E-state index in [0.717, 1.165) is 0 Å². The standard InChI is InChI=1S/C11H6FNO2/c12-8-3-1-2-6-7-4-5-15-10(7)11(14)13-9(6)8/h1-5H,(H,13,14). The van der Waals surface area contributed by atoms with Gasteiger partial charge in [0.1, 0.15) is 5.82 Å². The number of benzene rings is 1. The van der Waals surface area contributed by atoms with Gasteiger partial charge in [-0.1, -0.05) is 12.1 Å². The van der Waals surface area contributed by atoms with Crippen LogP contribution in [0.15, 0.2) is 39.7 Å². The Labute approximate surface area is 83.1 Å². The third-order valence-corrected chi connectivity index (χ3v) is 2.41. The Kier molecular flexibility index (Phi) is 1.48. The second-order valence-corrected chi connectivity index (χ2v) is 3.28. The molecule has 0 spiro atoms. The van der Waals surface area contributed by atoms with Gasteiger partial charge in [0.15, 0.2) is 5.58 Å². The molecule has 3 aromatic rings. The van der Waals surface area contributed by atoms with Gasteiger partial charge in [0.05, 0.1) is 11.8 Å². The van der Waals surface area contributed by atoms with Crippen LogP contribution in [0.1, 0.15) is 0 Å². The van der Waals surface area contributed by atoms with Crippen LogP contribution >= 0.6 is 0 Å². The summed E-state index contributed by atoms with van der Waals surface area (Å²) < 4.78 is 18.4. The number of nitrogens with one attached hydrogen (secondary N) is 1. The highest BCUT2D eigenvalue weighted by Gasteiger charge is 2.09. The van der Waals surface area contributed by atoms with Gasteiger partial charge >= 0.3 is 0 Å². The van der Waals surface area contributed by atoms with Crippen LogP contribution in [-0.2, 0) is 0 Å². The highest BCUT2D eigenvalue weighted by atomic mass is 19.1. The van der Waals surface area contributed by atoms with Gasteiger partial charge in [0.2, 0.25) is 0 Å². The number of para-hydroxylation sites is 1. The Balaban J connectivity index is 2.72. The molecular weight excluding hydrogens is 197 g/mol. The lowest BCUT2D eigenvalue weighted by Gasteiger charge is -1.99. The number of furan rings is 1. The summed E-state index contributed by atoms with van der Waals surface area (Å²) in [7, 11) is 0. The first kappa shape index (κ1) is 8.23. The number of rotatable bonds is 0. The van der Waals surface area contributed by atoms with Crippen LogP contribution in [0.4, 0.5) is 4.39 Å². The molecule has 0 fully saturated rings. The number of aromatic amines is 1. The molecule has 0 atom stereocenters. The van der Waals surface area contributed by atoms with Gasteiger partial charge in [0.25, 0.3) is 5.56 Å². The molecule has 0 aliphatic carbocycles. The quantitative estimate of drug-likeness (QED) is 0.609. The third kappa shape index (κ3) is 1.01. The first-order valence-electron chi connectivity index (χ1n) is 4.45. The van der Waals surface area contributed by atoms with Crippen LogP contribution < -0.4 is 5.56 Å². The minimum Gasteiger partial charge on any atom is -0.459 e. The van der Waals surface area contributed by atoms with Crippen molar-refractivity contribution in [1.29, 1.82) is 0 Å². The predicted octanol–water partition coefficient (Wildman–Crippen LogP) is 2.41. The van der Waals surface area contributed by atoms with E-state index in [4.69, 9.17) is 4.42 Å². The summed E-state index contributed by atoms with van der Waals surface area (Å²) in [4.78, 5) is 14.0. The van der Waals surface area contributed by atoms with Crippen molar-refractivity contribution in [2.24, 2.45) is 0 Å². The largest absolute Gasteiger partial charge is 0.459 e. The molecule has 3 nitrogen and oxygen atoms in total. The van der Waals surface area contributed by atoms with E-state index in [1.54, 1.807) is 18.2 Å². The van der Waals surface area contributed by atoms with Crippen molar-refractivity contribution >= 4 is 21.9 Å². The molecule has 0 aliphatic heterocycles. The smallest absolute Gasteiger partial charge is 0.292 e. The lowest BCUT2D eigenvalue weighted by atomic mass is 10.1. The highest BCUT2D eigenvalue weighted by molar-refractivity contribution is 6.03. The van der Waals surface area contributed by atoms with Gasteiger partial charge in [0, 0.05) is 10.8 Å². The predicted molar refractivity (Wildman–Crippen MR) is 54.3 cm³/mol. The summed E-state index contributed by atoms with van der Waals surface area (Å²) in [5.41, 5.74) is 0.0390. The summed E-state index contributed by atoms with van der Waals surface area (Å²) >= 11 is 0. The van der Waals surface area contributed by atoms with E-state index in [0.29, 0.717) is 10.8 Å². The van der Waals surface area contributed by atoms with E-state index in [2.05, 4.69) is 4.98 Å². The van der Waals surface area contributed by atoms with Crippen LogP contribution in [0.5, 0.6) is 0 Å². The highest BCUT2D eigenvalue weighted by Crippen LogP contribution is 2.23. The number of aromatic nitrogens is 1. The summed E-state index contributed by atoms with van der Waals surface area (Å²) in [6.07, 6.45) is 1.42. The van der Waals surface area contributed by atoms with Gasteiger partial charge in [-0.25, -0.2) is 4.39 Å². The molecule has 4 heteroatoms. The van der Waals surface area contributed by atoms with E-state index < -0.39 is 11.4 Å². The lowest BCUT2D eigenvalue weighted by molar-refractivity contribution is 0.610. The zero-order valence-electron chi connectivity index (χ0n) is 7.58. The zero-order valence-corrected chi connectivity index (χ0v) is 7.58. The van der Waals surface area contributed by atoms with Gasteiger partial charge < -0.3 is 9.40 Å².